The molecule has 0 unspecified atom stereocenters. The lowest BCUT2D eigenvalue weighted by Crippen LogP contribution is -2.18. The molecule has 0 spiro atoms. The van der Waals surface area contributed by atoms with Crippen LogP contribution in [0.1, 0.15) is 5.82 Å². The number of nitrogens with one attached hydrogen (secondary N) is 2. The topological polar surface area (TPSA) is 88.9 Å². The minimum Gasteiger partial charge on any atom is -0.326 e. The maximum Gasteiger partial charge on any atom is 0.234 e. The Balaban J connectivity index is 1.62. The van der Waals surface area contributed by atoms with E-state index in [1.807, 2.05) is 0 Å². The van der Waals surface area contributed by atoms with Gasteiger partial charge < -0.3 is 15.2 Å². The molecule has 0 bridgehead atoms. The van der Waals surface area contributed by atoms with Gasteiger partial charge in [-0.1, -0.05) is 47.1 Å². The lowest BCUT2D eigenvalue weighted by molar-refractivity contribution is -0.116. The van der Waals surface area contributed by atoms with E-state index >= 15 is 0 Å². The fraction of sp³-hybridized carbons (Fsp3) is 0.143. The van der Waals surface area contributed by atoms with E-state index in [0.717, 1.165) is 11.8 Å². The van der Waals surface area contributed by atoms with Crippen molar-refractivity contribution in [2.24, 2.45) is 0 Å². The third kappa shape index (κ3) is 6.32. The van der Waals surface area contributed by atoms with Gasteiger partial charge in [-0.05, 0) is 36.4 Å². The Hall–Kier alpha value is -2.88. The Morgan fingerprint density at radius 2 is 1.84 bits per heavy atom. The zero-order chi connectivity index (χ0) is 23.1. The van der Waals surface area contributed by atoms with Crippen LogP contribution >= 0.6 is 35.0 Å². The van der Waals surface area contributed by atoms with Gasteiger partial charge in [-0.25, -0.2) is 4.39 Å². The number of hydrogen-bond donors (Lipinski definition) is 2. The minimum atomic E-state index is -0.392. The molecule has 0 saturated heterocycles. The van der Waals surface area contributed by atoms with Crippen LogP contribution in [0.15, 0.2) is 60.3 Å². The molecule has 1 heterocycles. The normalized spacial score (nSPS) is 10.6. The van der Waals surface area contributed by atoms with Crippen molar-refractivity contribution in [3.8, 4) is 0 Å². The monoisotopic (exact) mass is 493 g/mol. The number of amides is 2. The molecule has 1 aromatic heterocycles. The average molecular weight is 494 g/mol. The lowest BCUT2D eigenvalue weighted by Gasteiger charge is -2.09. The molecule has 3 aromatic rings. The highest BCUT2D eigenvalue weighted by molar-refractivity contribution is 7.99. The van der Waals surface area contributed by atoms with E-state index in [0.29, 0.717) is 33.9 Å². The van der Waals surface area contributed by atoms with Gasteiger partial charge in [-0.15, -0.1) is 16.8 Å². The van der Waals surface area contributed by atoms with Gasteiger partial charge in [0.25, 0.3) is 0 Å². The fourth-order valence-corrected chi connectivity index (χ4v) is 3.78. The second-order valence-electron chi connectivity index (χ2n) is 6.47. The smallest absolute Gasteiger partial charge is 0.234 e. The second-order valence-corrected chi connectivity index (χ2v) is 8.20. The van der Waals surface area contributed by atoms with Gasteiger partial charge in [0.05, 0.1) is 27.9 Å². The van der Waals surface area contributed by atoms with E-state index in [1.165, 1.54) is 24.3 Å². The van der Waals surface area contributed by atoms with E-state index in [4.69, 9.17) is 23.2 Å². The molecule has 3 rings (SSSR count). The van der Waals surface area contributed by atoms with Crippen LogP contribution < -0.4 is 10.6 Å². The zero-order valence-electron chi connectivity index (χ0n) is 16.6. The maximum atomic E-state index is 13.0. The number of benzene rings is 2. The number of anilines is 2. The molecular formula is C21H18Cl2FN5O2S. The van der Waals surface area contributed by atoms with Gasteiger partial charge in [0.1, 0.15) is 11.6 Å². The molecule has 0 aliphatic carbocycles. The van der Waals surface area contributed by atoms with Crippen LogP contribution in [0, 0.1) is 5.82 Å². The Labute approximate surface area is 198 Å². The van der Waals surface area contributed by atoms with E-state index in [2.05, 4.69) is 27.4 Å². The molecule has 0 fully saturated rings. The van der Waals surface area contributed by atoms with Crippen molar-refractivity contribution in [1.29, 1.82) is 0 Å². The fourth-order valence-electron chi connectivity index (χ4n) is 2.67. The number of allylic oxidation sites excluding steroid dienone is 1. The second kappa shape index (κ2) is 11.1. The molecule has 2 N–H and O–H groups in total. The number of thioether (sulfide) groups is 1. The van der Waals surface area contributed by atoms with Crippen LogP contribution in [0.4, 0.5) is 15.8 Å². The molecule has 0 radical (unpaired) electrons. The summed E-state index contributed by atoms with van der Waals surface area (Å²) in [5.74, 6) is -0.579. The SMILES string of the molecule is C=CCn1c(CC(=O)Nc2ccc(F)cc2)nnc1SCC(=O)Nc1cccc(Cl)c1Cl. The summed E-state index contributed by atoms with van der Waals surface area (Å²) in [5, 5.41) is 14.6. The Morgan fingerprint density at radius 3 is 2.56 bits per heavy atom. The summed E-state index contributed by atoms with van der Waals surface area (Å²) in [6.45, 7) is 4.07. The van der Waals surface area contributed by atoms with Crippen molar-refractivity contribution in [3.05, 3.63) is 76.8 Å². The number of carbonyl (C=O) groups is 2. The predicted octanol–water partition coefficient (Wildman–Crippen LogP) is 4.82. The maximum absolute atomic E-state index is 13.0. The van der Waals surface area contributed by atoms with E-state index in [-0.39, 0.29) is 29.0 Å². The number of carbonyl (C=O) groups excluding carboxylic acids is 2. The first-order valence-electron chi connectivity index (χ1n) is 9.32. The zero-order valence-corrected chi connectivity index (χ0v) is 19.0. The summed E-state index contributed by atoms with van der Waals surface area (Å²) in [6, 6.07) is 10.4. The van der Waals surface area contributed by atoms with Crippen molar-refractivity contribution in [1.82, 2.24) is 14.8 Å². The summed E-state index contributed by atoms with van der Waals surface area (Å²) >= 11 is 13.2. The molecule has 0 atom stereocenters. The number of aromatic nitrogens is 3. The van der Waals surface area contributed by atoms with Gasteiger partial charge in [0, 0.05) is 12.2 Å². The van der Waals surface area contributed by atoms with Crippen LogP contribution in [0.5, 0.6) is 0 Å². The van der Waals surface area contributed by atoms with Crippen molar-refractivity contribution in [3.63, 3.8) is 0 Å². The molecule has 2 aromatic carbocycles. The van der Waals surface area contributed by atoms with Gasteiger partial charge >= 0.3 is 0 Å². The number of halogens is 3. The quantitative estimate of drug-likeness (QED) is 0.329. The molecule has 32 heavy (non-hydrogen) atoms. The molecule has 2 amide bonds. The summed E-state index contributed by atoms with van der Waals surface area (Å²) in [6.07, 6.45) is 1.59. The Morgan fingerprint density at radius 1 is 1.09 bits per heavy atom. The van der Waals surface area contributed by atoms with Crippen molar-refractivity contribution in [2.75, 3.05) is 16.4 Å². The first-order chi connectivity index (χ1) is 15.4. The summed E-state index contributed by atoms with van der Waals surface area (Å²) in [5.41, 5.74) is 0.882. The van der Waals surface area contributed by atoms with E-state index in [9.17, 15) is 14.0 Å². The van der Waals surface area contributed by atoms with Crippen molar-refractivity contribution >= 4 is 58.2 Å². The van der Waals surface area contributed by atoms with Crippen LogP contribution in [-0.4, -0.2) is 32.3 Å². The molecule has 11 heteroatoms. The van der Waals surface area contributed by atoms with Gasteiger partial charge in [-0.2, -0.15) is 0 Å². The predicted molar refractivity (Wildman–Crippen MR) is 125 cm³/mol. The molecule has 0 saturated carbocycles. The molecule has 166 valence electrons. The van der Waals surface area contributed by atoms with Gasteiger partial charge in [0.15, 0.2) is 5.16 Å². The molecule has 0 aliphatic rings. The number of nitrogens with zero attached hydrogens (tertiary/aromatic N) is 3. The first kappa shape index (κ1) is 23.8. The third-order valence-corrected chi connectivity index (χ3v) is 5.90. The standard InChI is InChI=1S/C21H18Cl2FN5O2S/c1-2-10-29-17(11-18(30)25-14-8-6-13(24)7-9-14)27-28-21(29)32-12-19(31)26-16-5-3-4-15(22)20(16)23/h2-9H,1,10-12H2,(H,25,30)(H,26,31). The highest BCUT2D eigenvalue weighted by Crippen LogP contribution is 2.29. The Kier molecular flexibility index (Phi) is 8.26. The largest absolute Gasteiger partial charge is 0.326 e. The van der Waals surface area contributed by atoms with Gasteiger partial charge in [-0.3, -0.25) is 9.59 Å². The Bertz CT molecular complexity index is 1140. The lowest BCUT2D eigenvalue weighted by atomic mass is 10.3. The summed E-state index contributed by atoms with van der Waals surface area (Å²) in [4.78, 5) is 24.7. The highest BCUT2D eigenvalue weighted by Gasteiger charge is 2.17. The molecular weight excluding hydrogens is 476 g/mol. The first-order valence-corrected chi connectivity index (χ1v) is 11.1. The third-order valence-electron chi connectivity index (χ3n) is 4.11. The van der Waals surface area contributed by atoms with Gasteiger partial charge in [0.2, 0.25) is 11.8 Å². The number of rotatable bonds is 9. The summed E-state index contributed by atoms with van der Waals surface area (Å²) in [7, 11) is 0. The van der Waals surface area contributed by atoms with E-state index in [1.54, 1.807) is 28.8 Å². The highest BCUT2D eigenvalue weighted by atomic mass is 35.5. The van der Waals surface area contributed by atoms with Crippen LogP contribution in [-0.2, 0) is 22.6 Å². The average Bonchev–Trinajstić information content (AvgIpc) is 3.13. The van der Waals surface area contributed by atoms with Crippen LogP contribution in [0.3, 0.4) is 0 Å². The molecule has 0 aliphatic heterocycles. The van der Waals surface area contributed by atoms with Crippen LogP contribution in [0.25, 0.3) is 0 Å². The minimum absolute atomic E-state index is 0.0416. The van der Waals surface area contributed by atoms with Crippen LogP contribution in [0.2, 0.25) is 10.0 Å². The van der Waals surface area contributed by atoms with Crippen molar-refractivity contribution < 1.29 is 14.0 Å². The summed E-state index contributed by atoms with van der Waals surface area (Å²) < 4.78 is 14.7. The van der Waals surface area contributed by atoms with E-state index < -0.39 is 5.82 Å². The van der Waals surface area contributed by atoms with Crippen molar-refractivity contribution in [2.45, 2.75) is 18.1 Å². The number of hydrogen-bond acceptors (Lipinski definition) is 5. The molecule has 7 nitrogen and oxygen atoms in total.